The minimum Gasteiger partial charge on any atom is -0.465 e. The molecule has 2 aliphatic rings. The molecule has 2 aromatic rings. The highest BCUT2D eigenvalue weighted by atomic mass is 16.6. The monoisotopic (exact) mass is 414 g/mol. The van der Waals surface area contributed by atoms with Crippen LogP contribution in [0.2, 0.25) is 0 Å². The standard InChI is InChI=1S/C22H30N4O4/c1-22(2,3)30-21(28)25-9-7-24(8-10-25)17-12-18(13-17)26-14-16-6-5-15(20(27)29-4)11-19(16)23-26/h5-6,11,14,17-18H,7-10,12-13H2,1-4H3. The highest BCUT2D eigenvalue weighted by Gasteiger charge is 2.37. The summed E-state index contributed by atoms with van der Waals surface area (Å²) in [6.07, 6.45) is 3.93. The maximum absolute atomic E-state index is 12.2. The second-order valence-electron chi connectivity index (χ2n) is 9.16. The molecule has 30 heavy (non-hydrogen) atoms. The molecule has 0 N–H and O–H groups in total. The van der Waals surface area contributed by atoms with Gasteiger partial charge in [-0.3, -0.25) is 9.58 Å². The van der Waals surface area contributed by atoms with Crippen molar-refractivity contribution in [3.63, 3.8) is 0 Å². The summed E-state index contributed by atoms with van der Waals surface area (Å²) in [7, 11) is 1.38. The molecule has 2 heterocycles. The van der Waals surface area contributed by atoms with E-state index in [0.717, 1.165) is 36.8 Å². The third kappa shape index (κ3) is 4.28. The highest BCUT2D eigenvalue weighted by Crippen LogP contribution is 2.36. The molecule has 0 radical (unpaired) electrons. The minimum absolute atomic E-state index is 0.219. The summed E-state index contributed by atoms with van der Waals surface area (Å²) in [5.41, 5.74) is 0.872. The van der Waals surface area contributed by atoms with E-state index in [2.05, 4.69) is 16.2 Å². The Balaban J connectivity index is 1.30. The average molecular weight is 415 g/mol. The molecule has 1 aromatic heterocycles. The lowest BCUT2D eigenvalue weighted by atomic mass is 9.85. The van der Waals surface area contributed by atoms with Gasteiger partial charge in [-0.1, -0.05) is 6.07 Å². The maximum Gasteiger partial charge on any atom is 0.410 e. The number of hydrogen-bond acceptors (Lipinski definition) is 6. The van der Waals surface area contributed by atoms with E-state index in [9.17, 15) is 9.59 Å². The van der Waals surface area contributed by atoms with Crippen LogP contribution in [0.3, 0.4) is 0 Å². The van der Waals surface area contributed by atoms with Gasteiger partial charge in [-0.25, -0.2) is 9.59 Å². The quantitative estimate of drug-likeness (QED) is 0.719. The average Bonchev–Trinajstić information content (AvgIpc) is 3.08. The summed E-state index contributed by atoms with van der Waals surface area (Å²) >= 11 is 0. The van der Waals surface area contributed by atoms with Gasteiger partial charge in [0.25, 0.3) is 0 Å². The minimum atomic E-state index is -0.458. The molecule has 1 aliphatic heterocycles. The number of piperazine rings is 1. The lowest BCUT2D eigenvalue weighted by Crippen LogP contribution is -2.55. The maximum atomic E-state index is 12.2. The van der Waals surface area contributed by atoms with Crippen molar-refractivity contribution < 1.29 is 19.1 Å². The van der Waals surface area contributed by atoms with Crippen molar-refractivity contribution in [1.82, 2.24) is 19.6 Å². The van der Waals surface area contributed by atoms with E-state index in [4.69, 9.17) is 9.47 Å². The van der Waals surface area contributed by atoms with Crippen molar-refractivity contribution in [3.05, 3.63) is 30.0 Å². The summed E-state index contributed by atoms with van der Waals surface area (Å²) in [5.74, 6) is -0.347. The van der Waals surface area contributed by atoms with Crippen molar-refractivity contribution in [2.24, 2.45) is 0 Å². The van der Waals surface area contributed by atoms with Gasteiger partial charge in [-0.15, -0.1) is 0 Å². The number of fused-ring (bicyclic) bond motifs is 1. The normalized spacial score (nSPS) is 22.6. The van der Waals surface area contributed by atoms with Crippen LogP contribution in [-0.2, 0) is 9.47 Å². The third-order valence-corrected chi connectivity index (χ3v) is 5.89. The van der Waals surface area contributed by atoms with Crippen molar-refractivity contribution in [2.45, 2.75) is 51.3 Å². The van der Waals surface area contributed by atoms with Crippen molar-refractivity contribution >= 4 is 23.0 Å². The molecule has 1 aliphatic carbocycles. The summed E-state index contributed by atoms with van der Waals surface area (Å²) < 4.78 is 12.3. The third-order valence-electron chi connectivity index (χ3n) is 5.89. The van der Waals surface area contributed by atoms with E-state index in [1.165, 1.54) is 7.11 Å². The lowest BCUT2D eigenvalue weighted by Gasteiger charge is -2.46. The number of nitrogens with zero attached hydrogens (tertiary/aromatic N) is 4. The number of rotatable bonds is 3. The topological polar surface area (TPSA) is 76.9 Å². The molecular weight excluding hydrogens is 384 g/mol. The van der Waals surface area contributed by atoms with Gasteiger partial charge in [0.05, 0.1) is 24.2 Å². The van der Waals surface area contributed by atoms with Gasteiger partial charge in [-0.2, -0.15) is 5.10 Å². The van der Waals surface area contributed by atoms with Crippen LogP contribution >= 0.6 is 0 Å². The Morgan fingerprint density at radius 3 is 2.40 bits per heavy atom. The fourth-order valence-electron chi connectivity index (χ4n) is 4.14. The fraction of sp³-hybridized carbons (Fsp3) is 0.591. The Morgan fingerprint density at radius 1 is 1.07 bits per heavy atom. The van der Waals surface area contributed by atoms with E-state index in [0.29, 0.717) is 30.7 Å². The SMILES string of the molecule is COC(=O)c1ccc2cn(C3CC(N4CCN(C(=O)OC(C)(C)C)CC4)C3)nc2c1. The first-order valence-electron chi connectivity index (χ1n) is 10.5. The van der Waals surface area contributed by atoms with Crippen LogP contribution in [0.5, 0.6) is 0 Å². The van der Waals surface area contributed by atoms with Crippen molar-refractivity contribution in [3.8, 4) is 0 Å². The molecule has 1 aromatic carbocycles. The van der Waals surface area contributed by atoms with Gasteiger partial charge >= 0.3 is 12.1 Å². The first-order valence-corrected chi connectivity index (χ1v) is 10.5. The number of benzene rings is 1. The number of esters is 1. The number of ether oxygens (including phenoxy) is 2. The molecule has 2 fully saturated rings. The molecule has 0 unspecified atom stereocenters. The zero-order chi connectivity index (χ0) is 21.5. The van der Waals surface area contributed by atoms with E-state index in [1.54, 1.807) is 17.0 Å². The zero-order valence-electron chi connectivity index (χ0n) is 18.1. The number of amides is 1. The van der Waals surface area contributed by atoms with Crippen LogP contribution in [0.1, 0.15) is 50.0 Å². The van der Waals surface area contributed by atoms with E-state index >= 15 is 0 Å². The number of carbonyl (C=O) groups is 2. The highest BCUT2D eigenvalue weighted by molar-refractivity contribution is 5.94. The van der Waals surface area contributed by atoms with Gasteiger partial charge in [-0.05, 0) is 45.7 Å². The molecule has 1 amide bonds. The van der Waals surface area contributed by atoms with Crippen LogP contribution in [0, 0.1) is 0 Å². The summed E-state index contributed by atoms with van der Waals surface area (Å²) in [5, 5.41) is 5.71. The first-order chi connectivity index (χ1) is 14.2. The summed E-state index contributed by atoms with van der Waals surface area (Å²) in [6.45, 7) is 8.84. The Hall–Kier alpha value is -2.61. The fourth-order valence-corrected chi connectivity index (χ4v) is 4.14. The molecule has 4 rings (SSSR count). The van der Waals surface area contributed by atoms with Gasteiger partial charge in [0, 0.05) is 43.8 Å². The number of hydrogen-bond donors (Lipinski definition) is 0. The molecule has 162 valence electrons. The lowest BCUT2D eigenvalue weighted by molar-refractivity contribution is -0.00139. The predicted octanol–water partition coefficient (Wildman–Crippen LogP) is 3.08. The number of carbonyl (C=O) groups excluding carboxylic acids is 2. The van der Waals surface area contributed by atoms with Crippen LogP contribution in [-0.4, -0.2) is 76.6 Å². The first kappa shape index (κ1) is 20.7. The zero-order valence-corrected chi connectivity index (χ0v) is 18.1. The van der Waals surface area contributed by atoms with Crippen LogP contribution in [0.15, 0.2) is 24.4 Å². The summed E-state index contributed by atoms with van der Waals surface area (Å²) in [6, 6.07) is 6.36. The van der Waals surface area contributed by atoms with Crippen LogP contribution < -0.4 is 0 Å². The number of methoxy groups -OCH3 is 1. The second-order valence-corrected chi connectivity index (χ2v) is 9.16. The van der Waals surface area contributed by atoms with Crippen LogP contribution in [0.4, 0.5) is 4.79 Å². The van der Waals surface area contributed by atoms with E-state index < -0.39 is 5.60 Å². The molecule has 1 saturated heterocycles. The Morgan fingerprint density at radius 2 is 1.77 bits per heavy atom. The van der Waals surface area contributed by atoms with Crippen molar-refractivity contribution in [1.29, 1.82) is 0 Å². The second kappa shape index (κ2) is 7.91. The van der Waals surface area contributed by atoms with E-state index in [-0.39, 0.29) is 12.1 Å². The Labute approximate surface area is 176 Å². The Kier molecular flexibility index (Phi) is 5.44. The van der Waals surface area contributed by atoms with Gasteiger partial charge < -0.3 is 14.4 Å². The smallest absolute Gasteiger partial charge is 0.410 e. The van der Waals surface area contributed by atoms with Crippen molar-refractivity contribution in [2.75, 3.05) is 33.3 Å². The number of aromatic nitrogens is 2. The van der Waals surface area contributed by atoms with Gasteiger partial charge in [0.15, 0.2) is 0 Å². The molecule has 0 spiro atoms. The predicted molar refractivity (Wildman–Crippen MR) is 113 cm³/mol. The van der Waals surface area contributed by atoms with E-state index in [1.807, 2.05) is 31.5 Å². The largest absolute Gasteiger partial charge is 0.465 e. The van der Waals surface area contributed by atoms with Crippen LogP contribution in [0.25, 0.3) is 10.9 Å². The molecule has 1 saturated carbocycles. The summed E-state index contributed by atoms with van der Waals surface area (Å²) in [4.78, 5) is 28.2. The molecule has 8 heteroatoms. The molecule has 8 nitrogen and oxygen atoms in total. The van der Waals surface area contributed by atoms with Gasteiger partial charge in [0.1, 0.15) is 5.60 Å². The van der Waals surface area contributed by atoms with Gasteiger partial charge in [0.2, 0.25) is 0 Å². The molecule has 0 bridgehead atoms. The molecular formula is C22H30N4O4. The molecule has 0 atom stereocenters. The Bertz CT molecular complexity index is 934.